The lowest BCUT2D eigenvalue weighted by molar-refractivity contribution is -0.118. The van der Waals surface area contributed by atoms with Crippen molar-refractivity contribution in [3.05, 3.63) is 41.2 Å². The molecule has 1 aliphatic carbocycles. The molecular formula is C17H22N4OS. The van der Waals surface area contributed by atoms with Gasteiger partial charge in [-0.3, -0.25) is 4.79 Å². The standard InChI is InChI=1S/C17H22N4OS/c1-21-16(9-8-15(18)22)19-20-17(21)23-11-12-6-7-13-4-2-3-5-14(13)10-12/h2-5,12H,6-11H2,1H3,(H2,18,22). The van der Waals surface area contributed by atoms with Crippen LogP contribution in [0, 0.1) is 5.92 Å². The van der Waals surface area contributed by atoms with E-state index in [0.29, 0.717) is 18.8 Å². The van der Waals surface area contributed by atoms with Gasteiger partial charge in [0, 0.05) is 25.6 Å². The number of benzene rings is 1. The Bertz CT molecular complexity index is 698. The third-order valence-electron chi connectivity index (χ3n) is 4.42. The van der Waals surface area contributed by atoms with Crippen LogP contribution in [0.1, 0.15) is 29.8 Å². The van der Waals surface area contributed by atoms with Crippen molar-refractivity contribution in [3.63, 3.8) is 0 Å². The molecule has 6 heteroatoms. The molecule has 0 fully saturated rings. The smallest absolute Gasteiger partial charge is 0.217 e. The molecule has 1 aromatic heterocycles. The quantitative estimate of drug-likeness (QED) is 0.824. The molecule has 0 spiro atoms. The molecule has 5 nitrogen and oxygen atoms in total. The summed E-state index contributed by atoms with van der Waals surface area (Å²) in [5.74, 6) is 2.25. The summed E-state index contributed by atoms with van der Waals surface area (Å²) in [5.41, 5.74) is 8.18. The molecule has 122 valence electrons. The van der Waals surface area contributed by atoms with Crippen LogP contribution in [0.3, 0.4) is 0 Å². The van der Waals surface area contributed by atoms with E-state index in [-0.39, 0.29) is 5.91 Å². The Morgan fingerprint density at radius 2 is 2.13 bits per heavy atom. The number of rotatable bonds is 6. The van der Waals surface area contributed by atoms with Crippen molar-refractivity contribution in [3.8, 4) is 0 Å². The maximum atomic E-state index is 10.9. The first-order valence-electron chi connectivity index (χ1n) is 7.99. The topological polar surface area (TPSA) is 73.8 Å². The highest BCUT2D eigenvalue weighted by Gasteiger charge is 2.19. The summed E-state index contributed by atoms with van der Waals surface area (Å²) in [6.45, 7) is 0. The van der Waals surface area contributed by atoms with Crippen molar-refractivity contribution in [2.24, 2.45) is 18.7 Å². The highest BCUT2D eigenvalue weighted by atomic mass is 32.2. The Labute approximate surface area is 140 Å². The molecule has 0 aliphatic heterocycles. The third kappa shape index (κ3) is 3.93. The molecule has 1 aliphatic rings. The summed E-state index contributed by atoms with van der Waals surface area (Å²) in [6.07, 6.45) is 4.42. The van der Waals surface area contributed by atoms with Crippen molar-refractivity contribution in [2.45, 2.75) is 37.3 Å². The Kier molecular flexibility index (Phi) is 5.00. The van der Waals surface area contributed by atoms with Crippen LogP contribution in [0.15, 0.2) is 29.4 Å². The summed E-state index contributed by atoms with van der Waals surface area (Å²) < 4.78 is 1.98. The number of thioether (sulfide) groups is 1. The molecule has 1 aromatic carbocycles. The molecule has 0 saturated carbocycles. The largest absolute Gasteiger partial charge is 0.370 e. The Balaban J connectivity index is 1.56. The molecular weight excluding hydrogens is 308 g/mol. The van der Waals surface area contributed by atoms with E-state index in [1.165, 1.54) is 24.0 Å². The molecule has 3 rings (SSSR count). The van der Waals surface area contributed by atoms with E-state index in [0.717, 1.165) is 23.2 Å². The number of hydrogen-bond donors (Lipinski definition) is 1. The zero-order valence-electron chi connectivity index (χ0n) is 13.4. The van der Waals surface area contributed by atoms with Gasteiger partial charge in [0.05, 0.1) is 0 Å². The van der Waals surface area contributed by atoms with Crippen LogP contribution in [-0.4, -0.2) is 26.4 Å². The monoisotopic (exact) mass is 330 g/mol. The fraction of sp³-hybridized carbons (Fsp3) is 0.471. The van der Waals surface area contributed by atoms with Crippen LogP contribution in [0.5, 0.6) is 0 Å². The van der Waals surface area contributed by atoms with Crippen molar-refractivity contribution in [1.29, 1.82) is 0 Å². The molecule has 23 heavy (non-hydrogen) atoms. The van der Waals surface area contributed by atoms with E-state index in [4.69, 9.17) is 5.73 Å². The van der Waals surface area contributed by atoms with Gasteiger partial charge in [0.1, 0.15) is 5.82 Å². The molecule has 1 unspecified atom stereocenters. The van der Waals surface area contributed by atoms with Crippen LogP contribution in [0.4, 0.5) is 0 Å². The van der Waals surface area contributed by atoms with Crippen molar-refractivity contribution < 1.29 is 4.79 Å². The average Bonchev–Trinajstić information content (AvgIpc) is 2.91. The highest BCUT2D eigenvalue weighted by Crippen LogP contribution is 2.29. The minimum atomic E-state index is -0.303. The Morgan fingerprint density at radius 1 is 1.35 bits per heavy atom. The van der Waals surface area contributed by atoms with Gasteiger partial charge >= 0.3 is 0 Å². The number of carbonyl (C=O) groups is 1. The van der Waals surface area contributed by atoms with Crippen LogP contribution < -0.4 is 5.73 Å². The molecule has 0 bridgehead atoms. The number of aromatic nitrogens is 3. The summed E-state index contributed by atoms with van der Waals surface area (Å²) in [5, 5.41) is 9.34. The third-order valence-corrected chi connectivity index (χ3v) is 5.67. The van der Waals surface area contributed by atoms with Crippen molar-refractivity contribution >= 4 is 17.7 Å². The fourth-order valence-corrected chi connectivity index (χ4v) is 4.10. The molecule has 1 amide bonds. The maximum Gasteiger partial charge on any atom is 0.217 e. The second-order valence-corrected chi connectivity index (χ2v) is 7.10. The van der Waals surface area contributed by atoms with Crippen LogP contribution >= 0.6 is 11.8 Å². The molecule has 0 radical (unpaired) electrons. The van der Waals surface area contributed by atoms with E-state index in [1.807, 2.05) is 11.6 Å². The first-order chi connectivity index (χ1) is 11.1. The van der Waals surface area contributed by atoms with Crippen molar-refractivity contribution in [1.82, 2.24) is 14.8 Å². The minimum Gasteiger partial charge on any atom is -0.370 e. The van der Waals surface area contributed by atoms with Gasteiger partial charge in [0.25, 0.3) is 0 Å². The predicted octanol–water partition coefficient (Wildman–Crippen LogP) is 2.13. The lowest BCUT2D eigenvalue weighted by Gasteiger charge is -2.24. The Morgan fingerprint density at radius 3 is 2.91 bits per heavy atom. The molecule has 2 N–H and O–H groups in total. The van der Waals surface area contributed by atoms with Crippen LogP contribution in [0.25, 0.3) is 0 Å². The lowest BCUT2D eigenvalue weighted by Crippen LogP contribution is -2.16. The van der Waals surface area contributed by atoms with E-state index in [2.05, 4.69) is 34.5 Å². The Hall–Kier alpha value is -1.82. The first kappa shape index (κ1) is 16.1. The molecule has 1 heterocycles. The normalized spacial score (nSPS) is 17.0. The molecule has 2 aromatic rings. The zero-order chi connectivity index (χ0) is 16.2. The second-order valence-electron chi connectivity index (χ2n) is 6.11. The lowest BCUT2D eigenvalue weighted by atomic mass is 9.85. The van der Waals surface area contributed by atoms with Crippen LogP contribution in [0.2, 0.25) is 0 Å². The van der Waals surface area contributed by atoms with Gasteiger partial charge in [0.15, 0.2) is 5.16 Å². The van der Waals surface area contributed by atoms with E-state index >= 15 is 0 Å². The summed E-state index contributed by atoms with van der Waals surface area (Å²) in [6, 6.07) is 8.74. The number of carbonyl (C=O) groups excluding carboxylic acids is 1. The second kappa shape index (κ2) is 7.17. The number of nitrogens with zero attached hydrogens (tertiary/aromatic N) is 3. The van der Waals surface area contributed by atoms with Gasteiger partial charge in [-0.05, 0) is 36.3 Å². The highest BCUT2D eigenvalue weighted by molar-refractivity contribution is 7.99. The van der Waals surface area contributed by atoms with Gasteiger partial charge in [-0.1, -0.05) is 36.0 Å². The average molecular weight is 330 g/mol. The number of hydrogen-bond acceptors (Lipinski definition) is 4. The van der Waals surface area contributed by atoms with Crippen LogP contribution in [-0.2, 0) is 31.1 Å². The number of nitrogens with two attached hydrogens (primary N) is 1. The number of amides is 1. The maximum absolute atomic E-state index is 10.9. The minimum absolute atomic E-state index is 0.303. The molecule has 0 saturated heterocycles. The van der Waals surface area contributed by atoms with Gasteiger partial charge in [0.2, 0.25) is 5.91 Å². The zero-order valence-corrected chi connectivity index (χ0v) is 14.2. The van der Waals surface area contributed by atoms with Gasteiger partial charge in [-0.2, -0.15) is 0 Å². The van der Waals surface area contributed by atoms with E-state index in [9.17, 15) is 4.79 Å². The first-order valence-corrected chi connectivity index (χ1v) is 8.98. The van der Waals surface area contributed by atoms with Gasteiger partial charge in [-0.15, -0.1) is 10.2 Å². The summed E-state index contributed by atoms with van der Waals surface area (Å²) >= 11 is 1.76. The van der Waals surface area contributed by atoms with Gasteiger partial charge in [-0.25, -0.2) is 0 Å². The predicted molar refractivity (Wildman–Crippen MR) is 91.2 cm³/mol. The number of primary amides is 1. The number of fused-ring (bicyclic) bond motifs is 1. The van der Waals surface area contributed by atoms with E-state index in [1.54, 1.807) is 11.8 Å². The fourth-order valence-electron chi connectivity index (χ4n) is 3.03. The SMILES string of the molecule is Cn1c(CCC(N)=O)nnc1SCC1CCc2ccccc2C1. The number of aryl methyl sites for hydroxylation is 2. The summed E-state index contributed by atoms with van der Waals surface area (Å²) in [4.78, 5) is 10.9. The van der Waals surface area contributed by atoms with Gasteiger partial charge < -0.3 is 10.3 Å². The summed E-state index contributed by atoms with van der Waals surface area (Å²) in [7, 11) is 1.95. The van der Waals surface area contributed by atoms with E-state index < -0.39 is 0 Å². The van der Waals surface area contributed by atoms with Crippen molar-refractivity contribution in [2.75, 3.05) is 5.75 Å². The molecule has 1 atom stereocenters.